The van der Waals surface area contributed by atoms with Gasteiger partial charge in [-0.2, -0.15) is 4.98 Å². The molecule has 1 aromatic heterocycles. The molecule has 1 fully saturated rings. The summed E-state index contributed by atoms with van der Waals surface area (Å²) in [6.45, 7) is 7.83. The number of aromatic nitrogens is 2. The molecule has 6 heteroatoms. The Hall–Kier alpha value is -0.650. The number of hydrogen-bond donors (Lipinski definition) is 1. The van der Waals surface area contributed by atoms with E-state index in [1.807, 2.05) is 0 Å². The highest BCUT2D eigenvalue weighted by atomic mass is 35.5. The molecule has 1 aromatic rings. The summed E-state index contributed by atoms with van der Waals surface area (Å²) >= 11 is 0. The fourth-order valence-corrected chi connectivity index (χ4v) is 2.25. The van der Waals surface area contributed by atoms with Crippen molar-refractivity contribution in [3.8, 4) is 0 Å². The van der Waals surface area contributed by atoms with E-state index in [9.17, 15) is 0 Å². The van der Waals surface area contributed by atoms with Gasteiger partial charge in [0, 0.05) is 12.5 Å². The molecule has 104 valence electrons. The van der Waals surface area contributed by atoms with E-state index >= 15 is 0 Å². The normalized spacial score (nSPS) is 21.0. The van der Waals surface area contributed by atoms with Gasteiger partial charge in [-0.25, -0.2) is 0 Å². The number of nitrogens with zero attached hydrogens (tertiary/aromatic N) is 3. The number of hydrogen-bond acceptors (Lipinski definition) is 5. The number of rotatable bonds is 4. The fraction of sp³-hybridized carbons (Fsp3) is 0.833. The predicted octanol–water partition coefficient (Wildman–Crippen LogP) is 1.79. The van der Waals surface area contributed by atoms with Gasteiger partial charge in [0.05, 0.1) is 6.54 Å². The van der Waals surface area contributed by atoms with E-state index in [4.69, 9.17) is 10.3 Å². The highest BCUT2D eigenvalue weighted by Crippen LogP contribution is 2.18. The first-order chi connectivity index (χ1) is 8.19. The van der Waals surface area contributed by atoms with Crippen molar-refractivity contribution >= 4 is 12.4 Å². The summed E-state index contributed by atoms with van der Waals surface area (Å²) in [5.41, 5.74) is 5.72. The van der Waals surface area contributed by atoms with Gasteiger partial charge in [-0.05, 0) is 31.8 Å². The Kier molecular flexibility index (Phi) is 6.05. The van der Waals surface area contributed by atoms with Gasteiger partial charge in [-0.15, -0.1) is 12.4 Å². The van der Waals surface area contributed by atoms with E-state index < -0.39 is 0 Å². The smallest absolute Gasteiger partial charge is 0.240 e. The maximum absolute atomic E-state index is 5.72. The molecule has 2 rings (SSSR count). The summed E-state index contributed by atoms with van der Waals surface area (Å²) in [6, 6.07) is 0. The summed E-state index contributed by atoms with van der Waals surface area (Å²) in [7, 11) is 0. The molecule has 18 heavy (non-hydrogen) atoms. The molecule has 0 spiro atoms. The third kappa shape index (κ3) is 3.93. The monoisotopic (exact) mass is 274 g/mol. The Labute approximate surface area is 115 Å². The number of likely N-dealkylation sites (tertiary alicyclic amines) is 1. The Morgan fingerprint density at radius 1 is 1.50 bits per heavy atom. The van der Waals surface area contributed by atoms with Crippen molar-refractivity contribution in [2.24, 2.45) is 11.7 Å². The van der Waals surface area contributed by atoms with Crippen molar-refractivity contribution < 1.29 is 4.52 Å². The number of nitrogens with two attached hydrogens (primary N) is 1. The second kappa shape index (κ2) is 7.07. The van der Waals surface area contributed by atoms with Crippen molar-refractivity contribution in [2.75, 3.05) is 19.6 Å². The lowest BCUT2D eigenvalue weighted by molar-refractivity contribution is 0.153. The first-order valence-corrected chi connectivity index (χ1v) is 6.44. The van der Waals surface area contributed by atoms with Crippen molar-refractivity contribution in [3.05, 3.63) is 11.7 Å². The lowest BCUT2D eigenvalue weighted by Crippen LogP contribution is -2.37. The first-order valence-electron chi connectivity index (χ1n) is 6.44. The summed E-state index contributed by atoms with van der Waals surface area (Å²) in [5, 5.41) is 3.98. The molecule has 0 radical (unpaired) electrons. The molecule has 1 aliphatic rings. The van der Waals surface area contributed by atoms with Crippen LogP contribution in [-0.4, -0.2) is 34.7 Å². The van der Waals surface area contributed by atoms with Gasteiger partial charge >= 0.3 is 0 Å². The van der Waals surface area contributed by atoms with Crippen LogP contribution in [0.2, 0.25) is 0 Å². The Bertz CT molecular complexity index is 356. The van der Waals surface area contributed by atoms with Crippen molar-refractivity contribution in [2.45, 2.75) is 39.2 Å². The van der Waals surface area contributed by atoms with Crippen LogP contribution in [0.4, 0.5) is 0 Å². The molecule has 1 atom stereocenters. The zero-order valence-corrected chi connectivity index (χ0v) is 11.9. The van der Waals surface area contributed by atoms with Crippen LogP contribution in [0.3, 0.4) is 0 Å². The largest absolute Gasteiger partial charge is 0.338 e. The maximum atomic E-state index is 5.72. The van der Waals surface area contributed by atoms with Crippen molar-refractivity contribution in [1.82, 2.24) is 15.0 Å². The molecule has 2 heterocycles. The zero-order chi connectivity index (χ0) is 12.3. The summed E-state index contributed by atoms with van der Waals surface area (Å²) < 4.78 is 5.26. The van der Waals surface area contributed by atoms with E-state index in [0.717, 1.165) is 37.9 Å². The van der Waals surface area contributed by atoms with Crippen LogP contribution >= 0.6 is 12.4 Å². The lowest BCUT2D eigenvalue weighted by Gasteiger charge is -2.30. The van der Waals surface area contributed by atoms with Gasteiger partial charge in [-0.3, -0.25) is 4.90 Å². The fourth-order valence-electron chi connectivity index (χ4n) is 2.25. The van der Waals surface area contributed by atoms with Gasteiger partial charge in [0.1, 0.15) is 0 Å². The van der Waals surface area contributed by atoms with Crippen molar-refractivity contribution in [1.29, 1.82) is 0 Å². The Morgan fingerprint density at radius 2 is 2.28 bits per heavy atom. The van der Waals surface area contributed by atoms with Crippen LogP contribution in [-0.2, 0) is 6.54 Å². The minimum absolute atomic E-state index is 0. The molecule has 1 aliphatic heterocycles. The molecule has 0 aromatic carbocycles. The minimum atomic E-state index is 0. The Morgan fingerprint density at radius 3 is 2.89 bits per heavy atom. The van der Waals surface area contributed by atoms with Crippen LogP contribution in [0, 0.1) is 5.92 Å². The minimum Gasteiger partial charge on any atom is -0.338 e. The molecule has 2 N–H and O–H groups in total. The SMILES string of the molecule is CC(C)c1noc(CN2CCCC(CN)C2)n1.Cl. The number of halogens is 1. The van der Waals surface area contributed by atoms with Crippen molar-refractivity contribution in [3.63, 3.8) is 0 Å². The van der Waals surface area contributed by atoms with Gasteiger partial charge < -0.3 is 10.3 Å². The highest BCUT2D eigenvalue weighted by molar-refractivity contribution is 5.85. The number of piperidine rings is 1. The molecule has 1 unspecified atom stereocenters. The summed E-state index contributed by atoms with van der Waals surface area (Å²) in [6.07, 6.45) is 2.46. The molecular formula is C12H23ClN4O. The summed E-state index contributed by atoms with van der Waals surface area (Å²) in [5.74, 6) is 2.47. The van der Waals surface area contributed by atoms with Gasteiger partial charge in [0.25, 0.3) is 0 Å². The van der Waals surface area contributed by atoms with E-state index in [1.54, 1.807) is 0 Å². The zero-order valence-electron chi connectivity index (χ0n) is 11.1. The summed E-state index contributed by atoms with van der Waals surface area (Å²) in [4.78, 5) is 6.76. The molecular weight excluding hydrogens is 252 g/mol. The average Bonchev–Trinajstić information content (AvgIpc) is 2.78. The maximum Gasteiger partial charge on any atom is 0.240 e. The van der Waals surface area contributed by atoms with Gasteiger partial charge in [-0.1, -0.05) is 19.0 Å². The molecule has 0 aliphatic carbocycles. The Balaban J connectivity index is 0.00000162. The quantitative estimate of drug-likeness (QED) is 0.907. The molecule has 5 nitrogen and oxygen atoms in total. The van der Waals surface area contributed by atoms with E-state index in [0.29, 0.717) is 11.8 Å². The lowest BCUT2D eigenvalue weighted by atomic mass is 9.98. The van der Waals surface area contributed by atoms with Crippen LogP contribution < -0.4 is 5.73 Å². The van der Waals surface area contributed by atoms with Crippen LogP contribution in [0.5, 0.6) is 0 Å². The predicted molar refractivity (Wildman–Crippen MR) is 72.7 cm³/mol. The molecule has 0 saturated carbocycles. The second-order valence-electron chi connectivity index (χ2n) is 5.18. The topological polar surface area (TPSA) is 68.2 Å². The second-order valence-corrected chi connectivity index (χ2v) is 5.18. The van der Waals surface area contributed by atoms with Crippen LogP contribution in [0.15, 0.2) is 4.52 Å². The molecule has 1 saturated heterocycles. The highest BCUT2D eigenvalue weighted by Gasteiger charge is 2.20. The first kappa shape index (κ1) is 15.4. The average molecular weight is 275 g/mol. The van der Waals surface area contributed by atoms with Gasteiger partial charge in [0.2, 0.25) is 5.89 Å². The van der Waals surface area contributed by atoms with Crippen LogP contribution in [0.25, 0.3) is 0 Å². The van der Waals surface area contributed by atoms with Gasteiger partial charge in [0.15, 0.2) is 5.82 Å². The third-order valence-electron chi connectivity index (χ3n) is 3.30. The molecule has 0 bridgehead atoms. The van der Waals surface area contributed by atoms with E-state index in [-0.39, 0.29) is 12.4 Å². The van der Waals surface area contributed by atoms with Crippen LogP contribution in [0.1, 0.15) is 44.3 Å². The molecule has 0 amide bonds. The van der Waals surface area contributed by atoms with E-state index in [1.165, 1.54) is 12.8 Å². The standard InChI is InChI=1S/C12H22N4O.ClH/c1-9(2)12-14-11(17-15-12)8-16-5-3-4-10(6-13)7-16;/h9-10H,3-8,13H2,1-2H3;1H. The third-order valence-corrected chi connectivity index (χ3v) is 3.30. The van der Waals surface area contributed by atoms with E-state index in [2.05, 4.69) is 28.9 Å².